The summed E-state index contributed by atoms with van der Waals surface area (Å²) >= 11 is 1.17. The standard InChI is InChI=1S/C24H26N6O6S/c1-34-16-10-13(11-17(35-2)19(16)36-3)18(27-14-6-4-12(5-7-14)21(25)26)22-28-24(33)30(29-22)15-8-9-37-20(15)23(31)32/h4-7,10-11,18,27H,8-9H2,1-3H3,(H3,25,26)(H,31,32)(H,28,29,33). The molecule has 0 fully saturated rings. The molecular weight excluding hydrogens is 500 g/mol. The number of aromatic nitrogens is 3. The molecule has 1 aromatic heterocycles. The highest BCUT2D eigenvalue weighted by Gasteiger charge is 2.28. The average Bonchev–Trinajstić information content (AvgIpc) is 3.53. The van der Waals surface area contributed by atoms with Gasteiger partial charge in [-0.1, -0.05) is 0 Å². The molecule has 0 radical (unpaired) electrons. The summed E-state index contributed by atoms with van der Waals surface area (Å²) in [6.07, 6.45) is 0.394. The van der Waals surface area contributed by atoms with Crippen LogP contribution in [0.4, 0.5) is 5.69 Å². The second-order valence-corrected chi connectivity index (χ2v) is 9.04. The Morgan fingerprint density at radius 1 is 1.19 bits per heavy atom. The summed E-state index contributed by atoms with van der Waals surface area (Å²) in [6.45, 7) is 0. The van der Waals surface area contributed by atoms with Crippen LogP contribution in [0.1, 0.15) is 29.4 Å². The fraction of sp³-hybridized carbons (Fsp3) is 0.250. The van der Waals surface area contributed by atoms with E-state index in [0.29, 0.717) is 51.9 Å². The van der Waals surface area contributed by atoms with Gasteiger partial charge in [-0.25, -0.2) is 9.59 Å². The summed E-state index contributed by atoms with van der Waals surface area (Å²) < 4.78 is 17.5. The molecule has 2 aromatic carbocycles. The Kier molecular flexibility index (Phi) is 7.43. The highest BCUT2D eigenvalue weighted by atomic mass is 32.2. The van der Waals surface area contributed by atoms with Crippen molar-refractivity contribution in [1.29, 1.82) is 5.41 Å². The molecule has 37 heavy (non-hydrogen) atoms. The van der Waals surface area contributed by atoms with E-state index in [9.17, 15) is 14.7 Å². The quantitative estimate of drug-likeness (QED) is 0.195. The number of aliphatic carboxylic acids is 1. The van der Waals surface area contributed by atoms with E-state index in [-0.39, 0.29) is 16.6 Å². The molecule has 1 unspecified atom stereocenters. The normalized spacial score (nSPS) is 13.8. The van der Waals surface area contributed by atoms with Gasteiger partial charge in [-0.3, -0.25) is 10.4 Å². The lowest BCUT2D eigenvalue weighted by molar-refractivity contribution is -0.131. The van der Waals surface area contributed by atoms with Crippen LogP contribution >= 0.6 is 11.8 Å². The molecule has 1 aliphatic heterocycles. The SMILES string of the molecule is COc1cc(C(Nc2ccc(C(=N)N)cc2)c2nn(C3=C(C(=O)O)SCC3)c(=O)[nH]2)cc(OC)c1OC. The number of hydrogen-bond acceptors (Lipinski definition) is 9. The van der Waals surface area contributed by atoms with Crippen molar-refractivity contribution < 1.29 is 24.1 Å². The van der Waals surface area contributed by atoms with Crippen LogP contribution in [0, 0.1) is 5.41 Å². The molecule has 12 nitrogen and oxygen atoms in total. The molecule has 0 amide bonds. The van der Waals surface area contributed by atoms with E-state index in [0.717, 1.165) is 4.68 Å². The summed E-state index contributed by atoms with van der Waals surface area (Å²) in [5.41, 5.74) is 7.18. The summed E-state index contributed by atoms with van der Waals surface area (Å²) in [4.78, 5) is 27.5. The number of allylic oxidation sites excluding steroid dienone is 1. The summed E-state index contributed by atoms with van der Waals surface area (Å²) in [6, 6.07) is 9.62. The molecule has 0 saturated heterocycles. The number of rotatable bonds is 10. The third kappa shape index (κ3) is 5.11. The molecule has 1 aliphatic rings. The lowest BCUT2D eigenvalue weighted by Crippen LogP contribution is -2.18. The Hall–Kier alpha value is -4.39. The first-order chi connectivity index (χ1) is 17.8. The number of thioether (sulfide) groups is 1. The zero-order chi connectivity index (χ0) is 26.7. The van der Waals surface area contributed by atoms with Gasteiger partial charge in [0.05, 0.1) is 27.0 Å². The predicted octanol–water partition coefficient (Wildman–Crippen LogP) is 2.47. The number of amidine groups is 1. The van der Waals surface area contributed by atoms with Crippen LogP contribution in [-0.2, 0) is 4.79 Å². The van der Waals surface area contributed by atoms with Crippen molar-refractivity contribution in [1.82, 2.24) is 14.8 Å². The average molecular weight is 527 g/mol. The van der Waals surface area contributed by atoms with Crippen molar-refractivity contribution in [3.63, 3.8) is 0 Å². The maximum Gasteiger partial charge on any atom is 0.347 e. The topological polar surface area (TPSA) is 178 Å². The number of nitrogen functional groups attached to an aromatic ring is 1. The number of nitrogens with two attached hydrogens (primary N) is 1. The molecule has 0 spiro atoms. The van der Waals surface area contributed by atoms with Gasteiger partial charge in [0.25, 0.3) is 0 Å². The third-order valence-corrected chi connectivity index (χ3v) is 6.84. The third-order valence-electron chi connectivity index (χ3n) is 5.73. The summed E-state index contributed by atoms with van der Waals surface area (Å²) in [5, 5.41) is 25.0. The second-order valence-electron chi connectivity index (χ2n) is 7.93. The maximum absolute atomic E-state index is 12.9. The number of carboxylic acid groups (broad SMARTS) is 1. The number of H-pyrrole nitrogens is 1. The van der Waals surface area contributed by atoms with Crippen molar-refractivity contribution in [2.45, 2.75) is 12.5 Å². The zero-order valence-electron chi connectivity index (χ0n) is 20.3. The van der Waals surface area contributed by atoms with E-state index in [1.54, 1.807) is 36.4 Å². The van der Waals surface area contributed by atoms with Gasteiger partial charge in [0.2, 0.25) is 5.75 Å². The Morgan fingerprint density at radius 3 is 2.38 bits per heavy atom. The van der Waals surface area contributed by atoms with Crippen molar-refractivity contribution in [2.24, 2.45) is 5.73 Å². The van der Waals surface area contributed by atoms with Gasteiger partial charge in [0.15, 0.2) is 17.3 Å². The molecule has 0 aliphatic carbocycles. The smallest absolute Gasteiger partial charge is 0.347 e. The highest BCUT2D eigenvalue weighted by molar-refractivity contribution is 8.04. The molecule has 13 heteroatoms. The van der Waals surface area contributed by atoms with Crippen LogP contribution in [-0.4, -0.2) is 58.8 Å². The van der Waals surface area contributed by atoms with Crippen molar-refractivity contribution in [3.05, 3.63) is 68.7 Å². The number of methoxy groups -OCH3 is 3. The molecule has 0 saturated carbocycles. The van der Waals surface area contributed by atoms with E-state index >= 15 is 0 Å². The first-order valence-electron chi connectivity index (χ1n) is 11.1. The minimum absolute atomic E-state index is 0.0623. The van der Waals surface area contributed by atoms with Crippen molar-refractivity contribution in [2.75, 3.05) is 32.4 Å². The van der Waals surface area contributed by atoms with E-state index in [1.165, 1.54) is 33.1 Å². The Balaban J connectivity index is 1.85. The number of carbonyl (C=O) groups is 1. The fourth-order valence-corrected chi connectivity index (χ4v) is 4.96. The molecule has 6 N–H and O–H groups in total. The summed E-state index contributed by atoms with van der Waals surface area (Å²) in [7, 11) is 4.50. The maximum atomic E-state index is 12.9. The first kappa shape index (κ1) is 25.7. The minimum Gasteiger partial charge on any atom is -0.493 e. The molecule has 4 rings (SSSR count). The number of anilines is 1. The van der Waals surface area contributed by atoms with Gasteiger partial charge in [0, 0.05) is 23.4 Å². The van der Waals surface area contributed by atoms with Crippen LogP contribution in [0.3, 0.4) is 0 Å². The van der Waals surface area contributed by atoms with Crippen LogP contribution in [0.5, 0.6) is 17.2 Å². The number of ether oxygens (including phenoxy) is 3. The molecular formula is C24H26N6O6S. The molecule has 0 bridgehead atoms. The fourth-order valence-electron chi connectivity index (χ4n) is 3.98. The van der Waals surface area contributed by atoms with Gasteiger partial charge in [-0.15, -0.1) is 16.9 Å². The van der Waals surface area contributed by atoms with E-state index in [2.05, 4.69) is 15.4 Å². The van der Waals surface area contributed by atoms with Gasteiger partial charge >= 0.3 is 11.7 Å². The number of nitrogens with zero attached hydrogens (tertiary/aromatic N) is 2. The number of carboxylic acids is 1. The number of hydrogen-bond donors (Lipinski definition) is 5. The van der Waals surface area contributed by atoms with E-state index in [4.69, 9.17) is 25.4 Å². The van der Waals surface area contributed by atoms with Crippen molar-refractivity contribution >= 4 is 35.0 Å². The van der Waals surface area contributed by atoms with Gasteiger partial charge in [0.1, 0.15) is 16.8 Å². The lowest BCUT2D eigenvalue weighted by Gasteiger charge is -2.21. The van der Waals surface area contributed by atoms with Gasteiger partial charge in [-0.2, -0.15) is 4.68 Å². The van der Waals surface area contributed by atoms with Crippen LogP contribution in [0.2, 0.25) is 0 Å². The lowest BCUT2D eigenvalue weighted by atomic mass is 10.0. The predicted molar refractivity (Wildman–Crippen MR) is 140 cm³/mol. The van der Waals surface area contributed by atoms with Crippen molar-refractivity contribution in [3.8, 4) is 17.2 Å². The molecule has 194 valence electrons. The van der Waals surface area contributed by atoms with E-state index in [1.807, 2.05) is 0 Å². The largest absolute Gasteiger partial charge is 0.493 e. The van der Waals surface area contributed by atoms with E-state index < -0.39 is 17.7 Å². The zero-order valence-corrected chi connectivity index (χ0v) is 21.1. The Bertz CT molecular complexity index is 1400. The Morgan fingerprint density at radius 2 is 1.84 bits per heavy atom. The van der Waals surface area contributed by atoms with Crippen LogP contribution < -0.4 is 31.0 Å². The van der Waals surface area contributed by atoms with Gasteiger partial charge < -0.3 is 30.4 Å². The first-order valence-corrected chi connectivity index (χ1v) is 12.1. The molecule has 1 atom stereocenters. The highest BCUT2D eigenvalue weighted by Crippen LogP contribution is 2.41. The molecule has 3 aromatic rings. The van der Waals surface area contributed by atoms with Crippen LogP contribution in [0.15, 0.2) is 46.1 Å². The monoisotopic (exact) mass is 526 g/mol. The minimum atomic E-state index is -1.10. The second kappa shape index (κ2) is 10.7. The number of aromatic amines is 1. The molecule has 2 heterocycles. The number of benzene rings is 2. The van der Waals surface area contributed by atoms with Crippen LogP contribution in [0.25, 0.3) is 5.70 Å². The Labute approximate surface area is 215 Å². The number of nitrogens with one attached hydrogen (secondary N) is 3. The van der Waals surface area contributed by atoms with Gasteiger partial charge in [-0.05, 0) is 42.0 Å². The summed E-state index contributed by atoms with van der Waals surface area (Å²) in [5.74, 6) is 0.830.